The van der Waals surface area contributed by atoms with Gasteiger partial charge in [0.25, 0.3) is 0 Å². The molecule has 11 N–H and O–H groups in total. The zero-order valence-electron chi connectivity index (χ0n) is 53.6. The summed E-state index contributed by atoms with van der Waals surface area (Å²) in [5.41, 5.74) is 0. The first-order valence-corrected chi connectivity index (χ1v) is 59.9. The van der Waals surface area contributed by atoms with E-state index < -0.39 is 73.8 Å². The summed E-state index contributed by atoms with van der Waals surface area (Å²) in [5.74, 6) is 0.831. The molecule has 0 aliphatic carbocycles. The lowest BCUT2D eigenvalue weighted by atomic mass is 10.2. The second kappa shape index (κ2) is 57.6. The minimum Gasteiger partial charge on any atom is -0.356 e. The van der Waals surface area contributed by atoms with Gasteiger partial charge >= 0.3 is 67.3 Å². The van der Waals surface area contributed by atoms with Gasteiger partial charge in [0.05, 0.1) is 139 Å². The molecule has 34 nitrogen and oxygen atoms in total. The van der Waals surface area contributed by atoms with E-state index in [0.717, 1.165) is 25.0 Å². The molecular weight excluding hydrogens is 1760 g/mol. The second-order valence-corrected chi connectivity index (χ2v) is 52.4. The summed E-state index contributed by atoms with van der Waals surface area (Å²) in [6.45, 7) is -39.0. The fraction of sp³-hybridized carbons (Fsp3) is 0.976. The Morgan fingerprint density at radius 1 is 0.306 bits per heavy atom. The molecule has 0 aromatic carbocycles. The van der Waals surface area contributed by atoms with E-state index in [9.17, 15) is 58.3 Å². The average Bonchev–Trinajstić information content (AvgIpc) is 1.01. The van der Waals surface area contributed by atoms with E-state index in [1.54, 1.807) is 11.8 Å². The summed E-state index contributed by atoms with van der Waals surface area (Å²) in [6, 6.07) is 0. The molecule has 57 heteroatoms. The fourth-order valence-electron chi connectivity index (χ4n) is 5.89. The monoisotopic (exact) mass is 1850 g/mol. The van der Waals surface area contributed by atoms with Gasteiger partial charge in [-0.15, -0.1) is 0 Å². The van der Waals surface area contributed by atoms with Crippen LogP contribution in [0.4, 0.5) is 0 Å². The summed E-state index contributed by atoms with van der Waals surface area (Å²) < 4.78 is 122. The molecular formula is C41H94NO33P11S12. The molecule has 0 aromatic heterocycles. The van der Waals surface area contributed by atoms with Gasteiger partial charge in [0.15, 0.2) is 6.49 Å². The Labute approximate surface area is 635 Å². The number of thiol groups is 1. The van der Waals surface area contributed by atoms with Gasteiger partial charge in [-0.2, -0.15) is 11.8 Å². The van der Waals surface area contributed by atoms with Crippen LogP contribution in [0.3, 0.4) is 0 Å². The average molecular weight is 1850 g/mol. The third kappa shape index (κ3) is 69.6. The van der Waals surface area contributed by atoms with Crippen LogP contribution in [0.1, 0.15) is 96.3 Å². The standard InChI is InChI=1S/C41H94NO33P11S12/c1-76(44,87)55-20-7-21-57-78(46,89)59-24-9-25-61-80(48,91)63-28-11-29-65-82(50,93)67-32-13-33-69-84(52,95)71-36-15-37-73-86(54,97)75-39-16-38-74-85(53,96)72-35-14-34-70-83(51,94)68-31-12-30-66-81(49,92)64-27-10-26-62-79(47,90)60-23-8-22-58-77(45,88)56-19-6-4-3-5-18-42-41(43)17-40-98-2/h3-40H2,1-2H3,(H,42,43)(H,44,87)(H,45,88)(H,46,89)(H,47,90)(H,48,91)(H,49,92)(H,50,93)(H,51,94)(H,52,95)(H,53,96)(H,54,97). The van der Waals surface area contributed by atoms with E-state index in [0.29, 0.717) is 25.8 Å². The highest BCUT2D eigenvalue weighted by Crippen LogP contribution is 2.54. The smallest absolute Gasteiger partial charge is 0.356 e. The Hall–Kier alpha value is 5.66. The zero-order chi connectivity index (χ0) is 74.2. The maximum absolute atomic E-state index is 12.5. The minimum atomic E-state index is -3.76. The number of carbonyl (C=O) groups is 1. The molecule has 0 aliphatic rings. The summed E-state index contributed by atoms with van der Waals surface area (Å²) in [4.78, 5) is 114. The maximum atomic E-state index is 12.5. The Kier molecular flexibility index (Phi) is 61.0. The van der Waals surface area contributed by atoms with Crippen LogP contribution in [0.5, 0.6) is 0 Å². The molecule has 11 unspecified atom stereocenters. The molecule has 588 valence electrons. The van der Waals surface area contributed by atoms with Crippen molar-refractivity contribution in [3.63, 3.8) is 0 Å². The highest BCUT2D eigenvalue weighted by atomic mass is 32.7. The summed E-state index contributed by atoms with van der Waals surface area (Å²) in [5, 5.41) is 2.88. The van der Waals surface area contributed by atoms with Gasteiger partial charge in [-0.1, -0.05) is 25.1 Å². The van der Waals surface area contributed by atoms with E-state index >= 15 is 0 Å². The first-order valence-electron chi connectivity index (χ1n) is 29.4. The van der Waals surface area contributed by atoms with Crippen LogP contribution in [0.2, 0.25) is 0 Å². The first-order chi connectivity index (χ1) is 45.5. The normalized spacial score (nSPS) is 19.0. The summed E-state index contributed by atoms with van der Waals surface area (Å²) in [6.07, 6.45) is 7.30. The number of nitrogens with one attached hydrogen (secondary N) is 1. The number of carbonyl (C=O) groups excluding carboxylic acids is 1. The van der Waals surface area contributed by atoms with Crippen molar-refractivity contribution in [3.05, 3.63) is 0 Å². The number of thioether (sulfide) groups is 1. The van der Waals surface area contributed by atoms with Crippen LogP contribution in [0.25, 0.3) is 0 Å². The molecule has 0 saturated carbocycles. The van der Waals surface area contributed by atoms with Crippen LogP contribution < -0.4 is 5.32 Å². The summed E-state index contributed by atoms with van der Waals surface area (Å²) in [7, 11) is 0. The van der Waals surface area contributed by atoms with Crippen molar-refractivity contribution in [2.75, 3.05) is 164 Å². The maximum Gasteiger partial charge on any atom is 0.386 e. The predicted molar refractivity (Wildman–Crippen MR) is 413 cm³/mol. The fourth-order valence-corrected chi connectivity index (χ4v) is 19.4. The molecule has 0 heterocycles. The van der Waals surface area contributed by atoms with Gasteiger partial charge in [-0.3, -0.25) is 4.79 Å². The third-order valence-electron chi connectivity index (χ3n) is 10.2. The number of unbranched alkanes of at least 4 members (excludes halogenated alkanes) is 3. The van der Waals surface area contributed by atoms with E-state index in [1.165, 1.54) is 6.66 Å². The van der Waals surface area contributed by atoms with Crippen molar-refractivity contribution in [2.45, 2.75) is 96.3 Å². The second-order valence-electron chi connectivity index (χ2n) is 19.0. The number of rotatable bonds is 71. The largest absolute Gasteiger partial charge is 0.386 e. The number of hydrogen-bond donors (Lipinski definition) is 12. The first kappa shape index (κ1) is 104. The molecule has 0 aliphatic heterocycles. The quantitative estimate of drug-likeness (QED) is 0.0153. The number of hydrogen-bond acceptors (Lipinski definition) is 34. The van der Waals surface area contributed by atoms with Crippen LogP contribution in [-0.2, 0) is 222 Å². The van der Waals surface area contributed by atoms with E-state index in [-0.39, 0.29) is 202 Å². The SMILES string of the molecule is CSCCC(=O)NCCCCCCOP(O)(=S)OCCCOP(=O)(S)OCCCOP(O)(=S)OCCCOP(O)(=S)OCCCOP(O)(=S)OCCCOP(O)(=S)OCCCOP(O)(=S)OCCCOP(O)(=S)OCCCOP(O)(=S)OCCCOP(O)(=S)OCCCOP(C)(O)=S. The molecule has 0 rings (SSSR count). The molecule has 0 spiro atoms. The van der Waals surface area contributed by atoms with Crippen molar-refractivity contribution < 1.29 is 153 Å². The Bertz CT molecular complexity index is 2750. The predicted octanol–water partition coefficient (Wildman–Crippen LogP) is 9.59. The zero-order valence-corrected chi connectivity index (χ0v) is 73.3. The van der Waals surface area contributed by atoms with Crippen LogP contribution in [0.15, 0.2) is 0 Å². The van der Waals surface area contributed by atoms with Crippen molar-refractivity contribution in [2.24, 2.45) is 0 Å². The number of amides is 1. The molecule has 0 aromatic rings. The molecule has 0 fully saturated rings. The van der Waals surface area contributed by atoms with Crippen molar-refractivity contribution in [1.82, 2.24) is 5.32 Å². The van der Waals surface area contributed by atoms with Gasteiger partial charge in [0, 0.05) is 25.4 Å². The van der Waals surface area contributed by atoms with Crippen LogP contribution in [0, 0.1) is 0 Å². The van der Waals surface area contributed by atoms with E-state index in [4.69, 9.17) is 213 Å². The lowest BCUT2D eigenvalue weighted by Gasteiger charge is -2.19. The van der Waals surface area contributed by atoms with Gasteiger partial charge in [0.1, 0.15) is 0 Å². The van der Waals surface area contributed by atoms with Crippen LogP contribution >= 0.6 is 97.8 Å². The minimum absolute atomic E-state index is 0.0230. The van der Waals surface area contributed by atoms with Crippen molar-refractivity contribution in [1.29, 1.82) is 0 Å². The van der Waals surface area contributed by atoms with E-state index in [1.807, 2.05) is 6.26 Å². The Morgan fingerprint density at radius 2 is 0.480 bits per heavy atom. The molecule has 11 atom stereocenters. The third-order valence-corrected chi connectivity index (χ3v) is 28.4. The molecule has 0 bridgehead atoms. The molecule has 0 saturated heterocycles. The highest BCUT2D eigenvalue weighted by molar-refractivity contribution is 8.44. The van der Waals surface area contributed by atoms with Gasteiger partial charge in [-0.25, -0.2) is 4.57 Å². The molecule has 0 radical (unpaired) electrons. The van der Waals surface area contributed by atoms with Crippen LogP contribution in [-0.4, -0.2) is 219 Å². The van der Waals surface area contributed by atoms with Gasteiger partial charge in [-0.05, 0) is 201 Å². The van der Waals surface area contributed by atoms with Crippen molar-refractivity contribution >= 4 is 222 Å². The molecule has 1 amide bonds. The summed E-state index contributed by atoms with van der Waals surface area (Å²) >= 11 is 55.2. The lowest BCUT2D eigenvalue weighted by molar-refractivity contribution is -0.120. The Morgan fingerprint density at radius 3 is 0.673 bits per heavy atom. The van der Waals surface area contributed by atoms with Gasteiger partial charge < -0.3 is 149 Å². The van der Waals surface area contributed by atoms with Gasteiger partial charge in [0.2, 0.25) is 5.91 Å². The lowest BCUT2D eigenvalue weighted by Crippen LogP contribution is -2.24. The topological polar surface area (TPSA) is 442 Å². The molecule has 98 heavy (non-hydrogen) atoms. The Balaban J connectivity index is 4.05. The highest BCUT2D eigenvalue weighted by Gasteiger charge is 2.25. The van der Waals surface area contributed by atoms with E-state index in [2.05, 4.69) is 17.6 Å². The van der Waals surface area contributed by atoms with Crippen molar-refractivity contribution in [3.8, 4) is 0 Å².